The number of sulfonamides is 1. The van der Waals surface area contributed by atoms with Crippen LogP contribution in [0.2, 0.25) is 0 Å². The number of aromatic carboxylic acids is 1. The number of carbonyl (C=O) groups is 1. The molecule has 1 fully saturated rings. The zero-order chi connectivity index (χ0) is 19.0. The highest BCUT2D eigenvalue weighted by atomic mass is 32.2. The molecule has 1 aliphatic carbocycles. The Labute approximate surface area is 155 Å². The molecule has 0 radical (unpaired) electrons. The third-order valence-electron chi connectivity index (χ3n) is 4.44. The Kier molecular flexibility index (Phi) is 7.86. The molecule has 0 amide bonds. The van der Waals surface area contributed by atoms with E-state index >= 15 is 0 Å². The first-order valence-corrected chi connectivity index (χ1v) is 10.6. The standard InChI is InChI=1S/C18H28N2O5S/c1-2-25-12-6-11-19-26(23,24)17-13-14(18(21)22)9-10-16(17)20-15-7-4-3-5-8-15/h9-10,13,15,19-20H,2-8,11-12H2,1H3,(H,21,22). The van der Waals surface area contributed by atoms with E-state index in [2.05, 4.69) is 10.0 Å². The smallest absolute Gasteiger partial charge is 0.335 e. The van der Waals surface area contributed by atoms with Crippen molar-refractivity contribution in [3.63, 3.8) is 0 Å². The number of carboxylic acid groups (broad SMARTS) is 1. The molecule has 1 saturated carbocycles. The van der Waals surface area contributed by atoms with E-state index < -0.39 is 16.0 Å². The highest BCUT2D eigenvalue weighted by Crippen LogP contribution is 2.27. The average Bonchev–Trinajstić information content (AvgIpc) is 2.62. The molecule has 26 heavy (non-hydrogen) atoms. The number of ether oxygens (including phenoxy) is 1. The van der Waals surface area contributed by atoms with Gasteiger partial charge in [0, 0.05) is 25.8 Å². The van der Waals surface area contributed by atoms with Crippen LogP contribution in [0.15, 0.2) is 23.1 Å². The Morgan fingerprint density at radius 2 is 2.00 bits per heavy atom. The SMILES string of the molecule is CCOCCCNS(=O)(=O)c1cc(C(=O)O)ccc1NC1CCCCC1. The monoisotopic (exact) mass is 384 g/mol. The maximum Gasteiger partial charge on any atom is 0.335 e. The topological polar surface area (TPSA) is 105 Å². The van der Waals surface area contributed by atoms with E-state index in [0.29, 0.717) is 25.3 Å². The van der Waals surface area contributed by atoms with Gasteiger partial charge in [0.1, 0.15) is 4.90 Å². The fourth-order valence-corrected chi connectivity index (χ4v) is 4.33. The molecule has 3 N–H and O–H groups in total. The number of nitrogens with one attached hydrogen (secondary N) is 2. The second kappa shape index (κ2) is 9.89. The van der Waals surface area contributed by atoms with Gasteiger partial charge >= 0.3 is 5.97 Å². The largest absolute Gasteiger partial charge is 0.478 e. The van der Waals surface area contributed by atoms with Gasteiger partial charge in [-0.15, -0.1) is 0 Å². The predicted molar refractivity (Wildman–Crippen MR) is 100 cm³/mol. The van der Waals surface area contributed by atoms with E-state index in [0.717, 1.165) is 25.7 Å². The van der Waals surface area contributed by atoms with E-state index in [1.807, 2.05) is 6.92 Å². The summed E-state index contributed by atoms with van der Waals surface area (Å²) in [5, 5.41) is 12.5. The van der Waals surface area contributed by atoms with Crippen molar-refractivity contribution >= 4 is 21.7 Å². The molecule has 0 spiro atoms. The van der Waals surface area contributed by atoms with Crippen molar-refractivity contribution in [3.05, 3.63) is 23.8 Å². The van der Waals surface area contributed by atoms with E-state index in [9.17, 15) is 18.3 Å². The Hall–Kier alpha value is -1.64. The molecular weight excluding hydrogens is 356 g/mol. The third-order valence-corrected chi connectivity index (χ3v) is 5.95. The quantitative estimate of drug-likeness (QED) is 0.536. The minimum Gasteiger partial charge on any atom is -0.478 e. The first-order valence-electron chi connectivity index (χ1n) is 9.15. The third kappa shape index (κ3) is 5.96. The number of anilines is 1. The van der Waals surface area contributed by atoms with Crippen LogP contribution >= 0.6 is 0 Å². The number of benzene rings is 1. The maximum atomic E-state index is 12.7. The molecule has 2 rings (SSSR count). The maximum absolute atomic E-state index is 12.7. The first-order chi connectivity index (χ1) is 12.4. The molecule has 1 aromatic carbocycles. The number of hydrogen-bond acceptors (Lipinski definition) is 5. The van der Waals surface area contributed by atoms with Crippen molar-refractivity contribution in [3.8, 4) is 0 Å². The highest BCUT2D eigenvalue weighted by Gasteiger charge is 2.23. The normalized spacial score (nSPS) is 15.7. The van der Waals surface area contributed by atoms with Crippen LogP contribution in [0.4, 0.5) is 5.69 Å². The van der Waals surface area contributed by atoms with Crippen molar-refractivity contribution in [2.24, 2.45) is 0 Å². The number of rotatable bonds is 10. The molecule has 0 heterocycles. The van der Waals surface area contributed by atoms with Crippen LogP contribution in [0.3, 0.4) is 0 Å². The summed E-state index contributed by atoms with van der Waals surface area (Å²) < 4.78 is 33.2. The predicted octanol–water partition coefficient (Wildman–Crippen LogP) is 2.83. The van der Waals surface area contributed by atoms with Gasteiger partial charge in [0.25, 0.3) is 0 Å². The van der Waals surface area contributed by atoms with Crippen LogP contribution in [0.5, 0.6) is 0 Å². The summed E-state index contributed by atoms with van der Waals surface area (Å²) >= 11 is 0. The summed E-state index contributed by atoms with van der Waals surface area (Å²) in [6.45, 7) is 3.18. The molecular formula is C18H28N2O5S. The lowest BCUT2D eigenvalue weighted by atomic mass is 9.95. The molecule has 0 saturated heterocycles. The molecule has 0 bridgehead atoms. The second-order valence-electron chi connectivity index (χ2n) is 6.44. The molecule has 7 nitrogen and oxygen atoms in total. The van der Waals surface area contributed by atoms with Crippen LogP contribution in [-0.2, 0) is 14.8 Å². The lowest BCUT2D eigenvalue weighted by Gasteiger charge is -2.25. The Morgan fingerprint density at radius 1 is 1.27 bits per heavy atom. The minimum absolute atomic E-state index is 0.0145. The van der Waals surface area contributed by atoms with Crippen LogP contribution in [0, 0.1) is 0 Å². The summed E-state index contributed by atoms with van der Waals surface area (Å²) in [4.78, 5) is 11.2. The summed E-state index contributed by atoms with van der Waals surface area (Å²) in [6.07, 6.45) is 5.95. The van der Waals surface area contributed by atoms with Gasteiger partial charge in [0.15, 0.2) is 0 Å². The van der Waals surface area contributed by atoms with Crippen LogP contribution in [-0.4, -0.2) is 45.3 Å². The van der Waals surface area contributed by atoms with Crippen molar-refractivity contribution < 1.29 is 23.1 Å². The van der Waals surface area contributed by atoms with Crippen molar-refractivity contribution in [1.29, 1.82) is 0 Å². The molecule has 0 unspecified atom stereocenters. The summed E-state index contributed by atoms with van der Waals surface area (Å²) in [6, 6.07) is 4.42. The van der Waals surface area contributed by atoms with Gasteiger partial charge in [0.2, 0.25) is 10.0 Å². The van der Waals surface area contributed by atoms with E-state index in [4.69, 9.17) is 4.74 Å². The van der Waals surface area contributed by atoms with Crippen LogP contribution in [0.25, 0.3) is 0 Å². The average molecular weight is 384 g/mol. The Morgan fingerprint density at radius 3 is 2.65 bits per heavy atom. The first kappa shape index (κ1) is 20.7. The van der Waals surface area contributed by atoms with Gasteiger partial charge in [0.05, 0.1) is 11.3 Å². The molecule has 8 heteroatoms. The fourth-order valence-electron chi connectivity index (χ4n) is 3.07. The second-order valence-corrected chi connectivity index (χ2v) is 8.18. The van der Waals surface area contributed by atoms with E-state index in [1.54, 1.807) is 6.07 Å². The van der Waals surface area contributed by atoms with E-state index in [1.165, 1.54) is 18.6 Å². The summed E-state index contributed by atoms with van der Waals surface area (Å²) in [5.74, 6) is -1.15. The van der Waals surface area contributed by atoms with Gasteiger partial charge in [-0.05, 0) is 44.4 Å². The molecule has 0 atom stereocenters. The highest BCUT2D eigenvalue weighted by molar-refractivity contribution is 7.89. The van der Waals surface area contributed by atoms with Gasteiger partial charge in [-0.1, -0.05) is 19.3 Å². The molecule has 0 aromatic heterocycles. The lowest BCUT2D eigenvalue weighted by molar-refractivity contribution is 0.0696. The van der Waals surface area contributed by atoms with Gasteiger partial charge < -0.3 is 15.2 Å². The van der Waals surface area contributed by atoms with Gasteiger partial charge in [-0.2, -0.15) is 0 Å². The minimum atomic E-state index is -3.82. The van der Waals surface area contributed by atoms with Crippen LogP contribution < -0.4 is 10.0 Å². The van der Waals surface area contributed by atoms with Crippen molar-refractivity contribution in [2.45, 2.75) is 56.4 Å². The van der Waals surface area contributed by atoms with Crippen LogP contribution in [0.1, 0.15) is 55.8 Å². The molecule has 1 aliphatic rings. The fraction of sp³-hybridized carbons (Fsp3) is 0.611. The molecule has 146 valence electrons. The zero-order valence-corrected chi connectivity index (χ0v) is 16.0. The lowest BCUT2D eigenvalue weighted by Crippen LogP contribution is -2.28. The van der Waals surface area contributed by atoms with Gasteiger partial charge in [-0.3, -0.25) is 0 Å². The van der Waals surface area contributed by atoms with Gasteiger partial charge in [-0.25, -0.2) is 17.9 Å². The zero-order valence-electron chi connectivity index (χ0n) is 15.2. The Balaban J connectivity index is 2.18. The van der Waals surface area contributed by atoms with Crippen molar-refractivity contribution in [2.75, 3.05) is 25.1 Å². The number of hydrogen-bond donors (Lipinski definition) is 3. The molecule has 0 aliphatic heterocycles. The Bertz CT molecular complexity index is 700. The van der Waals surface area contributed by atoms with E-state index in [-0.39, 0.29) is 23.0 Å². The summed E-state index contributed by atoms with van der Waals surface area (Å²) in [5.41, 5.74) is 0.410. The number of carboxylic acids is 1. The molecule has 1 aromatic rings. The summed E-state index contributed by atoms with van der Waals surface area (Å²) in [7, 11) is -3.82. The van der Waals surface area contributed by atoms with Crippen molar-refractivity contribution in [1.82, 2.24) is 4.72 Å².